The molecular formula is C15H27N5O. The lowest BCUT2D eigenvalue weighted by atomic mass is 9.94. The zero-order chi connectivity index (χ0) is 15.2. The van der Waals surface area contributed by atoms with Crippen molar-refractivity contribution < 1.29 is 4.79 Å². The standard InChI is InChI=1S/C15H27N5O/c1-11(2)9-20-14(18-10-19-20)8-17-13-7-5-3-4-6-12(13)15(16)21/h10-13,17H,3-9H2,1-2H3,(H2,16,21)/t12-,13+/m0/s1. The van der Waals surface area contributed by atoms with Crippen LogP contribution in [0, 0.1) is 11.8 Å². The number of nitrogens with one attached hydrogen (secondary N) is 1. The Labute approximate surface area is 126 Å². The van der Waals surface area contributed by atoms with Crippen molar-refractivity contribution in [2.75, 3.05) is 0 Å². The number of primary amides is 1. The van der Waals surface area contributed by atoms with Gasteiger partial charge in [-0.1, -0.05) is 33.1 Å². The maximum absolute atomic E-state index is 11.6. The first-order valence-corrected chi connectivity index (χ1v) is 7.97. The minimum atomic E-state index is -0.182. The Balaban J connectivity index is 1.97. The molecule has 2 atom stereocenters. The van der Waals surface area contributed by atoms with Crippen molar-refractivity contribution in [1.29, 1.82) is 0 Å². The zero-order valence-electron chi connectivity index (χ0n) is 13.1. The van der Waals surface area contributed by atoms with E-state index in [4.69, 9.17) is 5.73 Å². The highest BCUT2D eigenvalue weighted by Crippen LogP contribution is 2.23. The second-order valence-electron chi connectivity index (χ2n) is 6.39. The summed E-state index contributed by atoms with van der Waals surface area (Å²) >= 11 is 0. The minimum absolute atomic E-state index is 0.0611. The lowest BCUT2D eigenvalue weighted by Crippen LogP contribution is -2.42. The maximum atomic E-state index is 11.6. The molecule has 1 aromatic rings. The third-order valence-corrected chi connectivity index (χ3v) is 4.14. The van der Waals surface area contributed by atoms with E-state index in [-0.39, 0.29) is 17.9 Å². The van der Waals surface area contributed by atoms with Gasteiger partial charge in [-0.3, -0.25) is 4.79 Å². The Kier molecular flexibility index (Phi) is 5.73. The molecule has 0 bridgehead atoms. The number of rotatable bonds is 6. The fourth-order valence-corrected chi connectivity index (χ4v) is 3.04. The predicted octanol–water partition coefficient (Wildman–Crippen LogP) is 1.46. The van der Waals surface area contributed by atoms with Crippen LogP contribution in [0.5, 0.6) is 0 Å². The summed E-state index contributed by atoms with van der Waals surface area (Å²) in [5.74, 6) is 1.21. The van der Waals surface area contributed by atoms with Gasteiger partial charge in [0.05, 0.1) is 12.5 Å². The number of nitrogens with two attached hydrogens (primary N) is 1. The predicted molar refractivity (Wildman–Crippen MR) is 81.3 cm³/mol. The van der Waals surface area contributed by atoms with Gasteiger partial charge in [-0.2, -0.15) is 5.10 Å². The van der Waals surface area contributed by atoms with E-state index in [0.29, 0.717) is 12.5 Å². The van der Waals surface area contributed by atoms with Crippen LogP contribution in [0.3, 0.4) is 0 Å². The molecule has 1 heterocycles. The second kappa shape index (κ2) is 7.54. The van der Waals surface area contributed by atoms with E-state index in [1.807, 2.05) is 4.68 Å². The first kappa shape index (κ1) is 15.9. The maximum Gasteiger partial charge on any atom is 0.222 e. The van der Waals surface area contributed by atoms with Crippen LogP contribution in [0.1, 0.15) is 51.8 Å². The topological polar surface area (TPSA) is 85.8 Å². The van der Waals surface area contributed by atoms with Gasteiger partial charge in [0.25, 0.3) is 0 Å². The van der Waals surface area contributed by atoms with Crippen LogP contribution in [0.15, 0.2) is 6.33 Å². The highest BCUT2D eigenvalue weighted by atomic mass is 16.1. The fraction of sp³-hybridized carbons (Fsp3) is 0.800. The molecule has 6 heteroatoms. The molecule has 1 amide bonds. The molecule has 118 valence electrons. The van der Waals surface area contributed by atoms with Gasteiger partial charge in [0, 0.05) is 12.6 Å². The lowest BCUT2D eigenvalue weighted by molar-refractivity contribution is -0.122. The summed E-state index contributed by atoms with van der Waals surface area (Å²) in [6.07, 6.45) is 6.93. The van der Waals surface area contributed by atoms with Gasteiger partial charge in [-0.05, 0) is 18.8 Å². The van der Waals surface area contributed by atoms with E-state index in [9.17, 15) is 4.79 Å². The van der Waals surface area contributed by atoms with Crippen molar-refractivity contribution in [3.63, 3.8) is 0 Å². The van der Waals surface area contributed by atoms with Crippen LogP contribution in [-0.4, -0.2) is 26.7 Å². The van der Waals surface area contributed by atoms with Crippen molar-refractivity contribution in [1.82, 2.24) is 20.1 Å². The third-order valence-electron chi connectivity index (χ3n) is 4.14. The molecule has 0 aliphatic heterocycles. The first-order chi connectivity index (χ1) is 10.1. The molecule has 0 saturated heterocycles. The number of nitrogens with zero attached hydrogens (tertiary/aromatic N) is 3. The summed E-state index contributed by atoms with van der Waals surface area (Å²) in [6.45, 7) is 5.82. The van der Waals surface area contributed by atoms with E-state index in [1.54, 1.807) is 6.33 Å². The van der Waals surface area contributed by atoms with E-state index in [2.05, 4.69) is 29.2 Å². The molecule has 21 heavy (non-hydrogen) atoms. The summed E-state index contributed by atoms with van der Waals surface area (Å²) in [6, 6.07) is 0.161. The average Bonchev–Trinajstić information content (AvgIpc) is 2.71. The Morgan fingerprint density at radius 3 is 2.90 bits per heavy atom. The number of amides is 1. The highest BCUT2D eigenvalue weighted by Gasteiger charge is 2.27. The molecule has 6 nitrogen and oxygen atoms in total. The molecule has 1 saturated carbocycles. The quantitative estimate of drug-likeness (QED) is 0.777. The summed E-state index contributed by atoms with van der Waals surface area (Å²) in [4.78, 5) is 16.0. The molecule has 1 fully saturated rings. The molecule has 3 N–H and O–H groups in total. The number of carbonyl (C=O) groups is 1. The zero-order valence-corrected chi connectivity index (χ0v) is 13.1. The summed E-state index contributed by atoms with van der Waals surface area (Å²) < 4.78 is 1.94. The van der Waals surface area contributed by atoms with Crippen LogP contribution >= 0.6 is 0 Å². The summed E-state index contributed by atoms with van der Waals surface area (Å²) in [5, 5.41) is 7.75. The van der Waals surface area contributed by atoms with Gasteiger partial charge in [0.15, 0.2) is 0 Å². The van der Waals surface area contributed by atoms with Crippen molar-refractivity contribution in [3.8, 4) is 0 Å². The first-order valence-electron chi connectivity index (χ1n) is 7.97. The van der Waals surface area contributed by atoms with Crippen molar-refractivity contribution in [2.45, 2.75) is 65.1 Å². The average molecular weight is 293 g/mol. The SMILES string of the molecule is CC(C)Cn1ncnc1CN[C@@H]1CCCCC[C@@H]1C(N)=O. The van der Waals surface area contributed by atoms with Crippen LogP contribution in [-0.2, 0) is 17.9 Å². The van der Waals surface area contributed by atoms with Gasteiger partial charge in [-0.25, -0.2) is 9.67 Å². The Bertz CT molecular complexity index is 457. The van der Waals surface area contributed by atoms with Crippen molar-refractivity contribution in [2.24, 2.45) is 17.6 Å². The van der Waals surface area contributed by atoms with Crippen molar-refractivity contribution in [3.05, 3.63) is 12.2 Å². The van der Waals surface area contributed by atoms with Gasteiger partial charge < -0.3 is 11.1 Å². The largest absolute Gasteiger partial charge is 0.369 e. The summed E-state index contributed by atoms with van der Waals surface area (Å²) in [7, 11) is 0. The van der Waals surface area contributed by atoms with Gasteiger partial charge >= 0.3 is 0 Å². The molecular weight excluding hydrogens is 266 g/mol. The molecule has 0 unspecified atom stereocenters. The molecule has 0 aromatic carbocycles. The summed E-state index contributed by atoms with van der Waals surface area (Å²) in [5.41, 5.74) is 5.56. The molecule has 1 aliphatic carbocycles. The monoisotopic (exact) mass is 293 g/mol. The lowest BCUT2D eigenvalue weighted by Gasteiger charge is -2.23. The Hall–Kier alpha value is -1.43. The number of aromatic nitrogens is 3. The Morgan fingerprint density at radius 2 is 2.19 bits per heavy atom. The number of hydrogen-bond acceptors (Lipinski definition) is 4. The van der Waals surface area contributed by atoms with Crippen LogP contribution in [0.25, 0.3) is 0 Å². The highest BCUT2D eigenvalue weighted by molar-refractivity contribution is 5.77. The van der Waals surface area contributed by atoms with Gasteiger partial charge in [-0.15, -0.1) is 0 Å². The van der Waals surface area contributed by atoms with E-state index >= 15 is 0 Å². The molecule has 0 spiro atoms. The molecule has 1 aromatic heterocycles. The minimum Gasteiger partial charge on any atom is -0.369 e. The fourth-order valence-electron chi connectivity index (χ4n) is 3.04. The van der Waals surface area contributed by atoms with E-state index < -0.39 is 0 Å². The van der Waals surface area contributed by atoms with Crippen LogP contribution in [0.4, 0.5) is 0 Å². The van der Waals surface area contributed by atoms with E-state index in [0.717, 1.165) is 38.1 Å². The van der Waals surface area contributed by atoms with Crippen molar-refractivity contribution >= 4 is 5.91 Å². The normalized spacial score (nSPS) is 23.2. The van der Waals surface area contributed by atoms with Gasteiger partial charge in [0.2, 0.25) is 5.91 Å². The molecule has 2 rings (SSSR count). The Morgan fingerprint density at radius 1 is 1.43 bits per heavy atom. The number of carbonyl (C=O) groups excluding carboxylic acids is 1. The third kappa shape index (κ3) is 4.52. The second-order valence-corrected chi connectivity index (χ2v) is 6.39. The van der Waals surface area contributed by atoms with Gasteiger partial charge in [0.1, 0.15) is 12.2 Å². The molecule has 0 radical (unpaired) electrons. The van der Waals surface area contributed by atoms with Crippen LogP contribution in [0.2, 0.25) is 0 Å². The number of hydrogen-bond donors (Lipinski definition) is 2. The molecule has 1 aliphatic rings. The van der Waals surface area contributed by atoms with Crippen LogP contribution < -0.4 is 11.1 Å². The van der Waals surface area contributed by atoms with E-state index in [1.165, 1.54) is 6.42 Å². The smallest absolute Gasteiger partial charge is 0.222 e.